The van der Waals surface area contributed by atoms with Crippen LogP contribution in [-0.4, -0.2) is 56.6 Å². The van der Waals surface area contributed by atoms with Gasteiger partial charge in [-0.05, 0) is 58.9 Å². The molecule has 0 bridgehead atoms. The van der Waals surface area contributed by atoms with Gasteiger partial charge in [-0.2, -0.15) is 5.10 Å². The van der Waals surface area contributed by atoms with E-state index in [1.165, 1.54) is 21.7 Å². The molecule has 0 fully saturated rings. The lowest BCUT2D eigenvalue weighted by Crippen LogP contribution is -2.45. The molecule has 0 saturated heterocycles. The summed E-state index contributed by atoms with van der Waals surface area (Å²) in [5.41, 5.74) is 6.07. The summed E-state index contributed by atoms with van der Waals surface area (Å²) in [6.07, 6.45) is 0. The van der Waals surface area contributed by atoms with Crippen molar-refractivity contribution in [2.45, 2.75) is 59.3 Å². The van der Waals surface area contributed by atoms with Gasteiger partial charge >= 0.3 is 6.03 Å². The number of amides is 5. The maximum absolute atomic E-state index is 14.1. The Labute approximate surface area is 236 Å². The van der Waals surface area contributed by atoms with Crippen LogP contribution in [0.15, 0.2) is 36.4 Å². The molecule has 0 atom stereocenters. The largest absolute Gasteiger partial charge is 0.364 e. The summed E-state index contributed by atoms with van der Waals surface area (Å²) < 4.78 is 15.5. The molecule has 13 heteroatoms. The van der Waals surface area contributed by atoms with Gasteiger partial charge in [0.05, 0.1) is 17.1 Å². The van der Waals surface area contributed by atoms with Crippen molar-refractivity contribution in [1.29, 1.82) is 0 Å². The van der Waals surface area contributed by atoms with Crippen LogP contribution >= 0.6 is 11.6 Å². The minimum absolute atomic E-state index is 0.0522. The molecule has 5 N–H and O–H groups in total. The van der Waals surface area contributed by atoms with Gasteiger partial charge in [0.25, 0.3) is 5.91 Å². The molecule has 3 aromatic rings. The molecule has 2 aromatic carbocycles. The van der Waals surface area contributed by atoms with E-state index in [0.717, 1.165) is 0 Å². The molecule has 0 radical (unpaired) electrons. The number of halogens is 2. The van der Waals surface area contributed by atoms with Crippen LogP contribution in [0.2, 0.25) is 5.02 Å². The Bertz CT molecular complexity index is 1450. The number of urea groups is 1. The highest BCUT2D eigenvalue weighted by molar-refractivity contribution is 6.30. The third-order valence-corrected chi connectivity index (χ3v) is 6.07. The van der Waals surface area contributed by atoms with Crippen molar-refractivity contribution in [3.05, 3.63) is 58.5 Å². The number of carbonyl (C=O) groups is 4. The first-order chi connectivity index (χ1) is 18.7. The van der Waals surface area contributed by atoms with E-state index in [9.17, 15) is 23.6 Å². The molecule has 0 unspecified atom stereocenters. The highest BCUT2D eigenvalue weighted by atomic mass is 35.5. The van der Waals surface area contributed by atoms with E-state index in [2.05, 4.69) is 21.0 Å². The number of hydrogen-bond acceptors (Lipinski definition) is 5. The summed E-state index contributed by atoms with van der Waals surface area (Å²) in [6, 6.07) is 8.48. The van der Waals surface area contributed by atoms with E-state index in [1.54, 1.807) is 38.1 Å². The lowest BCUT2D eigenvalue weighted by Gasteiger charge is -2.26. The van der Waals surface area contributed by atoms with Crippen molar-refractivity contribution in [3.8, 4) is 0 Å². The first-order valence-corrected chi connectivity index (χ1v) is 12.9. The van der Waals surface area contributed by atoms with Crippen molar-refractivity contribution < 1.29 is 23.6 Å². The van der Waals surface area contributed by atoms with E-state index in [4.69, 9.17) is 17.3 Å². The number of nitrogens with one attached hydrogen (secondary N) is 3. The minimum Gasteiger partial charge on any atom is -0.364 e. The third kappa shape index (κ3) is 7.69. The number of primary amides is 1. The van der Waals surface area contributed by atoms with Crippen LogP contribution in [0.1, 0.15) is 50.7 Å². The van der Waals surface area contributed by atoms with Crippen LogP contribution in [-0.2, 0) is 22.7 Å². The number of benzene rings is 2. The first kappa shape index (κ1) is 30.4. The monoisotopic (exact) mass is 573 g/mol. The van der Waals surface area contributed by atoms with E-state index < -0.39 is 35.1 Å². The van der Waals surface area contributed by atoms with E-state index >= 15 is 0 Å². The van der Waals surface area contributed by atoms with Gasteiger partial charge in [0.1, 0.15) is 12.4 Å². The number of anilines is 1. The van der Waals surface area contributed by atoms with Crippen LogP contribution in [0.3, 0.4) is 0 Å². The summed E-state index contributed by atoms with van der Waals surface area (Å²) in [5, 5.41) is 12.6. The van der Waals surface area contributed by atoms with Crippen LogP contribution in [0.5, 0.6) is 0 Å². The molecule has 3 rings (SSSR count). The zero-order valence-electron chi connectivity index (χ0n) is 23.0. The summed E-state index contributed by atoms with van der Waals surface area (Å²) in [6.45, 7) is 8.35. The van der Waals surface area contributed by atoms with Crippen LogP contribution in [0, 0.1) is 5.82 Å². The number of rotatable bonds is 9. The van der Waals surface area contributed by atoms with E-state index in [1.807, 2.05) is 20.8 Å². The molecule has 214 valence electrons. The van der Waals surface area contributed by atoms with Gasteiger partial charge in [-0.3, -0.25) is 19.1 Å². The molecule has 1 heterocycles. The standard InChI is InChI=1S/C27H33ClFN7O4/c1-15(2)35(13-21(37)31-12-16-7-6-8-19(28)23(16)29)22(38)14-36-20-10-9-17(32-26(40)33-27(3,4)5)11-18(20)24(34-36)25(30)39/h6-11,15H,12-14H2,1-5H3,(H2,30,39)(H,31,37)(H2,32,33,40). The molecular weight excluding hydrogens is 541 g/mol. The molecular formula is C27H33ClFN7O4. The molecule has 0 saturated carbocycles. The maximum atomic E-state index is 14.1. The molecule has 0 aliphatic rings. The topological polar surface area (TPSA) is 151 Å². The predicted octanol–water partition coefficient (Wildman–Crippen LogP) is 3.40. The van der Waals surface area contributed by atoms with Crippen molar-refractivity contribution in [2.75, 3.05) is 11.9 Å². The van der Waals surface area contributed by atoms with Gasteiger partial charge in [-0.1, -0.05) is 23.7 Å². The SMILES string of the molecule is CC(C)N(CC(=O)NCc1cccc(Cl)c1F)C(=O)Cn1nc(C(N)=O)c2cc(NC(=O)NC(C)(C)C)ccc21. The summed E-state index contributed by atoms with van der Waals surface area (Å²) >= 11 is 5.79. The average molecular weight is 574 g/mol. The highest BCUT2D eigenvalue weighted by Gasteiger charge is 2.24. The van der Waals surface area contributed by atoms with E-state index in [0.29, 0.717) is 16.6 Å². The van der Waals surface area contributed by atoms with Gasteiger partial charge in [-0.25, -0.2) is 9.18 Å². The normalized spacial score (nSPS) is 11.4. The Morgan fingerprint density at radius 2 is 1.85 bits per heavy atom. The van der Waals surface area contributed by atoms with Gasteiger partial charge in [0.2, 0.25) is 11.8 Å². The van der Waals surface area contributed by atoms with Crippen LogP contribution < -0.4 is 21.7 Å². The quantitative estimate of drug-likeness (QED) is 0.309. The van der Waals surface area contributed by atoms with Crippen molar-refractivity contribution in [2.24, 2.45) is 5.73 Å². The van der Waals surface area contributed by atoms with Crippen LogP contribution in [0.4, 0.5) is 14.9 Å². The van der Waals surface area contributed by atoms with Crippen molar-refractivity contribution >= 4 is 51.9 Å². The van der Waals surface area contributed by atoms with Gasteiger partial charge in [0.15, 0.2) is 5.69 Å². The molecule has 0 spiro atoms. The Balaban J connectivity index is 1.76. The Morgan fingerprint density at radius 3 is 2.48 bits per heavy atom. The lowest BCUT2D eigenvalue weighted by molar-refractivity contribution is -0.138. The molecule has 0 aliphatic carbocycles. The second kappa shape index (κ2) is 12.3. The highest BCUT2D eigenvalue weighted by Crippen LogP contribution is 2.23. The molecule has 11 nitrogen and oxygen atoms in total. The summed E-state index contributed by atoms with van der Waals surface area (Å²) in [5.74, 6) is -2.36. The number of aromatic nitrogens is 2. The fourth-order valence-corrected chi connectivity index (χ4v) is 4.12. The first-order valence-electron chi connectivity index (χ1n) is 12.5. The zero-order chi connectivity index (χ0) is 29.8. The Kier molecular flexibility index (Phi) is 9.36. The fraction of sp³-hybridized carbons (Fsp3) is 0.370. The number of carbonyl (C=O) groups excluding carboxylic acids is 4. The van der Waals surface area contributed by atoms with Gasteiger partial charge in [-0.15, -0.1) is 0 Å². The fourth-order valence-electron chi connectivity index (χ4n) is 3.93. The predicted molar refractivity (Wildman–Crippen MR) is 150 cm³/mol. The summed E-state index contributed by atoms with van der Waals surface area (Å²) in [4.78, 5) is 51.6. The summed E-state index contributed by atoms with van der Waals surface area (Å²) in [7, 11) is 0. The maximum Gasteiger partial charge on any atom is 0.319 e. The molecule has 5 amide bonds. The number of nitrogens with zero attached hydrogens (tertiary/aromatic N) is 3. The zero-order valence-corrected chi connectivity index (χ0v) is 23.7. The number of fused-ring (bicyclic) bond motifs is 1. The molecule has 1 aromatic heterocycles. The average Bonchev–Trinajstić information content (AvgIpc) is 3.19. The smallest absolute Gasteiger partial charge is 0.319 e. The molecule has 0 aliphatic heterocycles. The minimum atomic E-state index is -0.805. The lowest BCUT2D eigenvalue weighted by atomic mass is 10.1. The second-order valence-electron chi connectivity index (χ2n) is 10.5. The van der Waals surface area contributed by atoms with Crippen molar-refractivity contribution in [1.82, 2.24) is 25.3 Å². The Morgan fingerprint density at radius 1 is 1.15 bits per heavy atom. The van der Waals surface area contributed by atoms with Crippen molar-refractivity contribution in [3.63, 3.8) is 0 Å². The van der Waals surface area contributed by atoms with Crippen LogP contribution in [0.25, 0.3) is 10.9 Å². The number of nitrogens with two attached hydrogens (primary N) is 1. The van der Waals surface area contributed by atoms with Gasteiger partial charge in [0, 0.05) is 34.8 Å². The Hall–Kier alpha value is -4.19. The number of hydrogen-bond donors (Lipinski definition) is 4. The third-order valence-electron chi connectivity index (χ3n) is 5.78. The van der Waals surface area contributed by atoms with Gasteiger partial charge < -0.3 is 26.6 Å². The van der Waals surface area contributed by atoms with E-state index in [-0.39, 0.29) is 42.0 Å². The second-order valence-corrected chi connectivity index (χ2v) is 10.9. The molecule has 40 heavy (non-hydrogen) atoms.